The summed E-state index contributed by atoms with van der Waals surface area (Å²) in [6, 6.07) is 8.77. The molecule has 1 aromatic carbocycles. The first-order chi connectivity index (χ1) is 8.34. The molecule has 3 rings (SSSR count). The summed E-state index contributed by atoms with van der Waals surface area (Å²) in [5, 5.41) is 3.55. The third-order valence-corrected chi connectivity index (χ3v) is 3.73. The van der Waals surface area contributed by atoms with E-state index < -0.39 is 0 Å². The summed E-state index contributed by atoms with van der Waals surface area (Å²) in [4.78, 5) is 13.7. The lowest BCUT2D eigenvalue weighted by atomic mass is 9.93. The van der Waals surface area contributed by atoms with Gasteiger partial charge in [0.25, 0.3) is 0 Å². The van der Waals surface area contributed by atoms with Crippen molar-refractivity contribution >= 4 is 17.3 Å². The molecule has 17 heavy (non-hydrogen) atoms. The van der Waals surface area contributed by atoms with Crippen LogP contribution in [0.3, 0.4) is 0 Å². The molecular weight excluding hydrogens is 212 g/mol. The van der Waals surface area contributed by atoms with Crippen molar-refractivity contribution in [2.24, 2.45) is 0 Å². The Hall–Kier alpha value is -1.51. The van der Waals surface area contributed by atoms with Crippen LogP contribution in [0.1, 0.15) is 32.1 Å². The molecule has 0 aromatic heterocycles. The smallest absolute Gasteiger partial charge is 0.227 e. The summed E-state index contributed by atoms with van der Waals surface area (Å²) in [6.45, 7) is 0.863. The van der Waals surface area contributed by atoms with Gasteiger partial charge in [0, 0.05) is 19.0 Å². The van der Waals surface area contributed by atoms with Gasteiger partial charge in [-0.05, 0) is 37.8 Å². The van der Waals surface area contributed by atoms with Crippen molar-refractivity contribution in [3.8, 4) is 0 Å². The van der Waals surface area contributed by atoms with E-state index in [0.29, 0.717) is 12.5 Å². The monoisotopic (exact) mass is 230 g/mol. The highest BCUT2D eigenvalue weighted by Crippen LogP contribution is 2.32. The zero-order chi connectivity index (χ0) is 11.7. The van der Waals surface area contributed by atoms with Gasteiger partial charge in [0.2, 0.25) is 5.91 Å². The van der Waals surface area contributed by atoms with E-state index in [1.807, 2.05) is 23.1 Å². The predicted octanol–water partition coefficient (Wildman–Crippen LogP) is 2.78. The summed E-state index contributed by atoms with van der Waals surface area (Å²) >= 11 is 0. The molecule has 0 unspecified atom stereocenters. The Kier molecular flexibility index (Phi) is 2.75. The maximum atomic E-state index is 11.8. The van der Waals surface area contributed by atoms with Crippen molar-refractivity contribution in [3.63, 3.8) is 0 Å². The number of nitrogens with one attached hydrogen (secondary N) is 1. The Labute approximate surface area is 102 Å². The standard InChI is InChI=1S/C14H18N2O/c17-14-9-4-10-16(14)13-8-2-1-7-12(13)15-11-5-3-6-11/h1-2,7-8,11,15H,3-6,9-10H2. The van der Waals surface area contributed by atoms with Crippen LogP contribution in [0.15, 0.2) is 24.3 Å². The van der Waals surface area contributed by atoms with Gasteiger partial charge >= 0.3 is 0 Å². The minimum atomic E-state index is 0.257. The summed E-state index contributed by atoms with van der Waals surface area (Å²) in [7, 11) is 0. The predicted molar refractivity (Wildman–Crippen MR) is 69.3 cm³/mol. The van der Waals surface area contributed by atoms with Crippen molar-refractivity contribution in [2.75, 3.05) is 16.8 Å². The normalized spacial score (nSPS) is 20.5. The Morgan fingerprint density at radius 2 is 2.00 bits per heavy atom. The summed E-state index contributed by atoms with van der Waals surface area (Å²) in [6.07, 6.45) is 5.50. The maximum Gasteiger partial charge on any atom is 0.227 e. The van der Waals surface area contributed by atoms with Crippen molar-refractivity contribution < 1.29 is 4.79 Å². The summed E-state index contributed by atoms with van der Waals surface area (Å²) in [5.74, 6) is 0.257. The molecule has 1 saturated heterocycles. The lowest BCUT2D eigenvalue weighted by molar-refractivity contribution is -0.117. The fraction of sp³-hybridized carbons (Fsp3) is 0.500. The maximum absolute atomic E-state index is 11.8. The SMILES string of the molecule is O=C1CCCN1c1ccccc1NC1CCC1. The average molecular weight is 230 g/mol. The van der Waals surface area contributed by atoms with Gasteiger partial charge in [0.05, 0.1) is 11.4 Å². The largest absolute Gasteiger partial charge is 0.381 e. The molecule has 0 atom stereocenters. The zero-order valence-electron chi connectivity index (χ0n) is 9.98. The Balaban J connectivity index is 1.84. The Morgan fingerprint density at radius 3 is 2.65 bits per heavy atom. The van der Waals surface area contributed by atoms with Crippen LogP contribution in [0.4, 0.5) is 11.4 Å². The molecular formula is C14H18N2O. The van der Waals surface area contributed by atoms with Crippen LogP contribution >= 0.6 is 0 Å². The lowest BCUT2D eigenvalue weighted by Crippen LogP contribution is -2.30. The van der Waals surface area contributed by atoms with Crippen LogP contribution in [-0.2, 0) is 4.79 Å². The molecule has 1 aromatic rings. The first-order valence-electron chi connectivity index (χ1n) is 6.50. The first-order valence-corrected chi connectivity index (χ1v) is 6.50. The molecule has 1 aliphatic carbocycles. The van der Waals surface area contributed by atoms with Gasteiger partial charge in [0.15, 0.2) is 0 Å². The molecule has 90 valence electrons. The molecule has 2 aliphatic rings. The van der Waals surface area contributed by atoms with Crippen LogP contribution in [0.25, 0.3) is 0 Å². The molecule has 3 nitrogen and oxygen atoms in total. The zero-order valence-corrected chi connectivity index (χ0v) is 9.98. The van der Waals surface area contributed by atoms with Gasteiger partial charge in [-0.25, -0.2) is 0 Å². The van der Waals surface area contributed by atoms with E-state index >= 15 is 0 Å². The summed E-state index contributed by atoms with van der Waals surface area (Å²) in [5.41, 5.74) is 2.18. The average Bonchev–Trinajstić information content (AvgIpc) is 2.70. The van der Waals surface area contributed by atoms with E-state index in [2.05, 4.69) is 11.4 Å². The highest BCUT2D eigenvalue weighted by molar-refractivity contribution is 5.98. The fourth-order valence-electron chi connectivity index (χ4n) is 2.51. The Morgan fingerprint density at radius 1 is 1.18 bits per heavy atom. The van der Waals surface area contributed by atoms with E-state index in [-0.39, 0.29) is 5.91 Å². The van der Waals surface area contributed by atoms with Gasteiger partial charge in [-0.3, -0.25) is 4.79 Å². The van der Waals surface area contributed by atoms with E-state index in [0.717, 1.165) is 24.3 Å². The number of rotatable bonds is 3. The highest BCUT2D eigenvalue weighted by atomic mass is 16.2. The van der Waals surface area contributed by atoms with Crippen LogP contribution in [0.2, 0.25) is 0 Å². The molecule has 0 spiro atoms. The van der Waals surface area contributed by atoms with Gasteiger partial charge < -0.3 is 10.2 Å². The third-order valence-electron chi connectivity index (χ3n) is 3.73. The second-order valence-corrected chi connectivity index (χ2v) is 4.94. The molecule has 1 aliphatic heterocycles. The topological polar surface area (TPSA) is 32.3 Å². The van der Waals surface area contributed by atoms with Gasteiger partial charge in [-0.15, -0.1) is 0 Å². The minimum absolute atomic E-state index is 0.257. The molecule has 1 amide bonds. The van der Waals surface area contributed by atoms with Crippen LogP contribution in [0.5, 0.6) is 0 Å². The lowest BCUT2D eigenvalue weighted by Gasteiger charge is -2.30. The number of hydrogen-bond acceptors (Lipinski definition) is 2. The molecule has 1 saturated carbocycles. The number of para-hydroxylation sites is 2. The quantitative estimate of drug-likeness (QED) is 0.866. The van der Waals surface area contributed by atoms with E-state index in [1.165, 1.54) is 19.3 Å². The number of nitrogens with zero attached hydrogens (tertiary/aromatic N) is 1. The number of carbonyl (C=O) groups is 1. The minimum Gasteiger partial charge on any atom is -0.381 e. The highest BCUT2D eigenvalue weighted by Gasteiger charge is 2.25. The van der Waals surface area contributed by atoms with Crippen molar-refractivity contribution in [2.45, 2.75) is 38.1 Å². The molecule has 0 radical (unpaired) electrons. The van der Waals surface area contributed by atoms with Gasteiger partial charge in [-0.2, -0.15) is 0 Å². The molecule has 2 fully saturated rings. The molecule has 1 heterocycles. The third kappa shape index (κ3) is 2.02. The van der Waals surface area contributed by atoms with Gasteiger partial charge in [-0.1, -0.05) is 12.1 Å². The van der Waals surface area contributed by atoms with Crippen molar-refractivity contribution in [3.05, 3.63) is 24.3 Å². The number of hydrogen-bond donors (Lipinski definition) is 1. The van der Waals surface area contributed by atoms with E-state index in [9.17, 15) is 4.79 Å². The second-order valence-electron chi connectivity index (χ2n) is 4.94. The van der Waals surface area contributed by atoms with Crippen LogP contribution < -0.4 is 10.2 Å². The first kappa shape index (κ1) is 10.6. The molecule has 3 heteroatoms. The van der Waals surface area contributed by atoms with Crippen LogP contribution in [-0.4, -0.2) is 18.5 Å². The molecule has 1 N–H and O–H groups in total. The van der Waals surface area contributed by atoms with Crippen molar-refractivity contribution in [1.29, 1.82) is 0 Å². The number of benzene rings is 1. The summed E-state index contributed by atoms with van der Waals surface area (Å²) < 4.78 is 0. The van der Waals surface area contributed by atoms with E-state index in [4.69, 9.17) is 0 Å². The van der Waals surface area contributed by atoms with Crippen molar-refractivity contribution in [1.82, 2.24) is 0 Å². The fourth-order valence-corrected chi connectivity index (χ4v) is 2.51. The van der Waals surface area contributed by atoms with Gasteiger partial charge in [0.1, 0.15) is 0 Å². The second kappa shape index (κ2) is 4.40. The number of carbonyl (C=O) groups excluding carboxylic acids is 1. The van der Waals surface area contributed by atoms with Crippen LogP contribution in [0, 0.1) is 0 Å². The number of anilines is 2. The molecule has 0 bridgehead atoms. The number of amides is 1. The van der Waals surface area contributed by atoms with E-state index in [1.54, 1.807) is 0 Å². The Bertz CT molecular complexity index is 426.